The van der Waals surface area contributed by atoms with Gasteiger partial charge in [-0.3, -0.25) is 9.59 Å². The minimum atomic E-state index is -1.31. The lowest BCUT2D eigenvalue weighted by Gasteiger charge is -2.49. The van der Waals surface area contributed by atoms with Gasteiger partial charge in [0.05, 0.1) is 35.6 Å². The number of allylic oxidation sites excluding steroid dienone is 1. The molecule has 2 fully saturated rings. The molecule has 0 saturated carbocycles. The van der Waals surface area contributed by atoms with Gasteiger partial charge < -0.3 is 35.6 Å². The number of nitrogens with one attached hydrogen (secondary N) is 3. The van der Waals surface area contributed by atoms with Gasteiger partial charge in [0.15, 0.2) is 0 Å². The van der Waals surface area contributed by atoms with E-state index in [0.29, 0.717) is 17.2 Å². The van der Waals surface area contributed by atoms with Crippen LogP contribution >= 0.6 is 11.8 Å². The molecule has 2 aliphatic rings. The van der Waals surface area contributed by atoms with Crippen molar-refractivity contribution < 1.29 is 34.1 Å². The van der Waals surface area contributed by atoms with Crippen molar-refractivity contribution in [3.05, 3.63) is 11.3 Å². The molecule has 3 amide bonds. The Balaban J connectivity index is 2.02. The van der Waals surface area contributed by atoms with Crippen LogP contribution in [0, 0.1) is 0 Å². The van der Waals surface area contributed by atoms with E-state index >= 15 is 0 Å². The fourth-order valence-corrected chi connectivity index (χ4v) is 6.35. The molecule has 2 unspecified atom stereocenters. The fraction of sp³-hybridized carbons (Fsp3) is 0.800. The Kier molecular flexibility index (Phi) is 10.1. The lowest BCUT2D eigenvalue weighted by atomic mass is 9.76. The standard InChI is InChI=1S/C25H43N3O7S/c1-15(16(2)30)25(7,28-17(3)31)24(6,35-23(4,5)13-29)14-34-20(32)11-9-8-10-19-21-18(12-36-19)26-22(33)27-21/h18-19,21,29-30H,8-14H2,1-7H3,(H,28,31)(H2,26,27,33)/b16-15+/t18-,19?,21-,24?,25-/m0/s1. The van der Waals surface area contributed by atoms with Crippen molar-refractivity contribution in [2.45, 2.75) is 108 Å². The summed E-state index contributed by atoms with van der Waals surface area (Å²) in [6.07, 6.45) is 2.59. The maximum absolute atomic E-state index is 12.7. The summed E-state index contributed by atoms with van der Waals surface area (Å²) in [6, 6.07) is 0.206. The largest absolute Gasteiger partial charge is 0.513 e. The van der Waals surface area contributed by atoms with Crippen molar-refractivity contribution in [3.8, 4) is 0 Å². The third-order valence-electron chi connectivity index (χ3n) is 7.23. The molecule has 0 aromatic carbocycles. The van der Waals surface area contributed by atoms with Gasteiger partial charge in [0.25, 0.3) is 0 Å². The number of rotatable bonds is 13. The number of carbonyl (C=O) groups is 3. The predicted molar refractivity (Wildman–Crippen MR) is 139 cm³/mol. The molecule has 0 aromatic heterocycles. The zero-order chi connectivity index (χ0) is 27.3. The Morgan fingerprint density at radius 1 is 1.14 bits per heavy atom. The van der Waals surface area contributed by atoms with Crippen LogP contribution in [0.3, 0.4) is 0 Å². The number of fused-ring (bicyclic) bond motifs is 1. The summed E-state index contributed by atoms with van der Waals surface area (Å²) >= 11 is 1.84. The van der Waals surface area contributed by atoms with E-state index in [9.17, 15) is 24.6 Å². The number of unbranched alkanes of at least 4 members (excludes halogenated alkanes) is 1. The summed E-state index contributed by atoms with van der Waals surface area (Å²) in [7, 11) is 0. The Bertz CT molecular complexity index is 861. The average molecular weight is 530 g/mol. The molecule has 10 nitrogen and oxygen atoms in total. The van der Waals surface area contributed by atoms with Crippen molar-refractivity contribution in [2.75, 3.05) is 19.0 Å². The molecule has 0 aromatic rings. The van der Waals surface area contributed by atoms with E-state index in [2.05, 4.69) is 16.0 Å². The number of esters is 1. The minimum absolute atomic E-state index is 0.00915. The van der Waals surface area contributed by atoms with Gasteiger partial charge in [0.2, 0.25) is 5.91 Å². The predicted octanol–water partition coefficient (Wildman–Crippen LogP) is 2.55. The summed E-state index contributed by atoms with van der Waals surface area (Å²) in [5.41, 5.74) is -3.10. The Morgan fingerprint density at radius 2 is 1.81 bits per heavy atom. The quantitative estimate of drug-likeness (QED) is 0.106. The molecule has 2 saturated heterocycles. The fourth-order valence-electron chi connectivity index (χ4n) is 4.80. The van der Waals surface area contributed by atoms with Gasteiger partial charge in [-0.15, -0.1) is 0 Å². The van der Waals surface area contributed by atoms with E-state index in [1.165, 1.54) is 13.8 Å². The van der Waals surface area contributed by atoms with Gasteiger partial charge in [-0.05, 0) is 60.0 Å². The summed E-state index contributed by atoms with van der Waals surface area (Å²) < 4.78 is 11.9. The Hall–Kier alpha value is -1.98. The first-order valence-electron chi connectivity index (χ1n) is 12.4. The second kappa shape index (κ2) is 12.0. The highest BCUT2D eigenvalue weighted by atomic mass is 32.2. The number of hydrogen-bond donors (Lipinski definition) is 5. The van der Waals surface area contributed by atoms with Gasteiger partial charge in [0.1, 0.15) is 12.2 Å². The van der Waals surface area contributed by atoms with Crippen LogP contribution in [0.15, 0.2) is 11.3 Å². The van der Waals surface area contributed by atoms with E-state index in [0.717, 1.165) is 18.6 Å². The number of aliphatic hydroxyl groups is 2. The molecule has 2 heterocycles. The number of thioether (sulfide) groups is 1. The maximum atomic E-state index is 12.7. The third-order valence-corrected chi connectivity index (χ3v) is 8.73. The van der Waals surface area contributed by atoms with Crippen molar-refractivity contribution >= 4 is 29.7 Å². The molecule has 11 heteroatoms. The van der Waals surface area contributed by atoms with Crippen molar-refractivity contribution in [1.29, 1.82) is 0 Å². The number of aliphatic hydroxyl groups excluding tert-OH is 2. The maximum Gasteiger partial charge on any atom is 0.315 e. The molecule has 0 aliphatic carbocycles. The van der Waals surface area contributed by atoms with E-state index in [1.807, 2.05) is 11.8 Å². The minimum Gasteiger partial charge on any atom is -0.513 e. The summed E-state index contributed by atoms with van der Waals surface area (Å²) in [5.74, 6) is 0.163. The summed E-state index contributed by atoms with van der Waals surface area (Å²) in [4.78, 5) is 36.3. The van der Waals surface area contributed by atoms with E-state index in [-0.39, 0.29) is 49.4 Å². The zero-order valence-corrected chi connectivity index (χ0v) is 23.3. The van der Waals surface area contributed by atoms with Gasteiger partial charge in [0, 0.05) is 24.3 Å². The summed E-state index contributed by atoms with van der Waals surface area (Å²) in [6.45, 7) is 10.8. The van der Waals surface area contributed by atoms with Crippen molar-refractivity contribution in [2.24, 2.45) is 0 Å². The molecule has 5 atom stereocenters. The van der Waals surface area contributed by atoms with Crippen LogP contribution in [0.25, 0.3) is 0 Å². The highest BCUT2D eigenvalue weighted by molar-refractivity contribution is 8.00. The van der Waals surface area contributed by atoms with Gasteiger partial charge >= 0.3 is 12.0 Å². The average Bonchev–Trinajstić information content (AvgIpc) is 3.33. The van der Waals surface area contributed by atoms with Gasteiger partial charge in [-0.25, -0.2) is 4.79 Å². The monoisotopic (exact) mass is 529 g/mol. The number of amides is 3. The van der Waals surface area contributed by atoms with Crippen LogP contribution in [0.1, 0.15) is 74.1 Å². The van der Waals surface area contributed by atoms with E-state index < -0.39 is 22.7 Å². The molecule has 2 aliphatic heterocycles. The van der Waals surface area contributed by atoms with Gasteiger partial charge in [-0.2, -0.15) is 11.8 Å². The smallest absolute Gasteiger partial charge is 0.315 e. The lowest BCUT2D eigenvalue weighted by molar-refractivity contribution is -0.203. The zero-order valence-electron chi connectivity index (χ0n) is 22.5. The van der Waals surface area contributed by atoms with Crippen LogP contribution in [0.4, 0.5) is 4.79 Å². The van der Waals surface area contributed by atoms with Gasteiger partial charge in [-0.1, -0.05) is 6.42 Å². The van der Waals surface area contributed by atoms with E-state index in [1.54, 1.807) is 34.6 Å². The molecule has 0 spiro atoms. The normalized spacial score (nSPS) is 25.6. The molecular weight excluding hydrogens is 486 g/mol. The highest BCUT2D eigenvalue weighted by Crippen LogP contribution is 2.38. The van der Waals surface area contributed by atoms with Crippen LogP contribution in [0.5, 0.6) is 0 Å². The van der Waals surface area contributed by atoms with Crippen molar-refractivity contribution in [3.63, 3.8) is 0 Å². The molecular formula is C25H43N3O7S. The van der Waals surface area contributed by atoms with Crippen LogP contribution < -0.4 is 16.0 Å². The first-order chi connectivity index (χ1) is 16.6. The van der Waals surface area contributed by atoms with Crippen LogP contribution in [-0.2, 0) is 19.1 Å². The summed E-state index contributed by atoms with van der Waals surface area (Å²) in [5, 5.41) is 29.2. The second-order valence-corrected chi connectivity index (χ2v) is 12.1. The van der Waals surface area contributed by atoms with E-state index in [4.69, 9.17) is 9.47 Å². The van der Waals surface area contributed by atoms with Crippen molar-refractivity contribution in [1.82, 2.24) is 16.0 Å². The highest BCUT2D eigenvalue weighted by Gasteiger charge is 2.52. The number of ether oxygens (including phenoxy) is 2. The third kappa shape index (κ3) is 7.29. The van der Waals surface area contributed by atoms with Crippen LogP contribution in [-0.4, -0.2) is 81.2 Å². The van der Waals surface area contributed by atoms with Crippen LogP contribution in [0.2, 0.25) is 0 Å². The number of carbonyl (C=O) groups excluding carboxylic acids is 3. The number of urea groups is 1. The molecule has 2 rings (SSSR count). The Labute approximate surface area is 218 Å². The molecule has 36 heavy (non-hydrogen) atoms. The first kappa shape index (κ1) is 30.2. The topological polar surface area (TPSA) is 146 Å². The Morgan fingerprint density at radius 3 is 2.39 bits per heavy atom. The molecule has 0 radical (unpaired) electrons. The second-order valence-electron chi connectivity index (χ2n) is 10.8. The molecule has 206 valence electrons. The molecule has 5 N–H and O–H groups in total. The first-order valence-corrected chi connectivity index (χ1v) is 13.5. The SMILES string of the molecule is CC(=O)N[C@@](C)(/C(C)=C(\C)O)C(C)(COC(=O)CCCCC1SC[C@@H]2NC(=O)N[C@H]12)OC(C)(C)CO. The lowest BCUT2D eigenvalue weighted by Crippen LogP contribution is -2.67. The molecule has 0 bridgehead atoms. The number of hydrogen-bond acceptors (Lipinski definition) is 8.